The number of fused-ring (bicyclic) bond motifs is 1. The van der Waals surface area contributed by atoms with E-state index in [9.17, 15) is 0 Å². The van der Waals surface area contributed by atoms with Crippen LogP contribution in [0.3, 0.4) is 0 Å². The fourth-order valence-corrected chi connectivity index (χ4v) is 1.26. The molecule has 0 fully saturated rings. The highest BCUT2D eigenvalue weighted by Gasteiger charge is 2.00. The average Bonchev–Trinajstić information content (AvgIpc) is 2.47. The molecule has 0 unspecified atom stereocenters. The van der Waals surface area contributed by atoms with Crippen LogP contribution in [-0.4, -0.2) is 9.55 Å². The van der Waals surface area contributed by atoms with Crippen LogP contribution >= 0.6 is 0 Å². The Morgan fingerprint density at radius 2 is 2.08 bits per heavy atom. The Labute approximate surface area is 78.2 Å². The first-order chi connectivity index (χ1) is 6.29. The van der Waals surface area contributed by atoms with E-state index in [0.717, 1.165) is 16.6 Å². The van der Waals surface area contributed by atoms with Crippen LogP contribution in [0.1, 0.15) is 13.8 Å². The molecule has 3 heteroatoms. The number of hydrogen-bond donors (Lipinski definition) is 1. The van der Waals surface area contributed by atoms with Gasteiger partial charge in [0.25, 0.3) is 0 Å². The zero-order valence-corrected chi connectivity index (χ0v) is 8.28. The molecule has 2 rings (SSSR count). The van der Waals surface area contributed by atoms with Gasteiger partial charge in [-0.25, -0.2) is 0 Å². The van der Waals surface area contributed by atoms with E-state index >= 15 is 0 Å². The normalized spacial score (nSPS) is 9.46. The molecule has 2 aromatic heterocycles. The van der Waals surface area contributed by atoms with Crippen molar-refractivity contribution in [2.24, 2.45) is 7.05 Å². The third-order valence-corrected chi connectivity index (χ3v) is 1.82. The summed E-state index contributed by atoms with van der Waals surface area (Å²) in [6, 6.07) is 1.95. The van der Waals surface area contributed by atoms with E-state index in [-0.39, 0.29) is 0 Å². The van der Waals surface area contributed by atoms with Gasteiger partial charge in [-0.15, -0.1) is 0 Å². The van der Waals surface area contributed by atoms with Crippen molar-refractivity contribution >= 4 is 16.6 Å². The number of anilines is 1. The highest BCUT2D eigenvalue weighted by Crippen LogP contribution is 2.20. The number of pyridine rings is 1. The van der Waals surface area contributed by atoms with Gasteiger partial charge in [-0.05, 0) is 6.07 Å². The maximum atomic E-state index is 5.72. The van der Waals surface area contributed by atoms with Gasteiger partial charge in [0.05, 0.1) is 11.2 Å². The number of nitrogens with two attached hydrogens (primary N) is 1. The third kappa shape index (κ3) is 1.64. The largest absolute Gasteiger partial charge is 0.397 e. The van der Waals surface area contributed by atoms with Gasteiger partial charge in [-0.1, -0.05) is 13.8 Å². The first kappa shape index (κ1) is 9.58. The molecule has 70 valence electrons. The van der Waals surface area contributed by atoms with Crippen LogP contribution in [0.2, 0.25) is 0 Å². The van der Waals surface area contributed by atoms with Crippen molar-refractivity contribution in [2.45, 2.75) is 13.8 Å². The second kappa shape index (κ2) is 3.94. The van der Waals surface area contributed by atoms with E-state index < -0.39 is 0 Å². The molecule has 0 saturated heterocycles. The van der Waals surface area contributed by atoms with Gasteiger partial charge in [0.1, 0.15) is 0 Å². The minimum Gasteiger partial charge on any atom is -0.397 e. The van der Waals surface area contributed by atoms with Crippen LogP contribution in [0.5, 0.6) is 0 Å². The van der Waals surface area contributed by atoms with Gasteiger partial charge in [-0.2, -0.15) is 0 Å². The number of rotatable bonds is 0. The molecule has 0 atom stereocenters. The standard InChI is InChI=1S/C8H9N3.C2H6/c1-11-5-7(9)6-4-10-3-2-8(6)11;1-2/h2-5H,9H2,1H3;1-2H3. The molecule has 0 aromatic carbocycles. The average molecular weight is 177 g/mol. The van der Waals surface area contributed by atoms with Gasteiger partial charge in [0.2, 0.25) is 0 Å². The summed E-state index contributed by atoms with van der Waals surface area (Å²) in [6.45, 7) is 4.00. The zero-order chi connectivity index (χ0) is 9.84. The second-order valence-corrected chi connectivity index (χ2v) is 2.59. The first-order valence-electron chi connectivity index (χ1n) is 4.43. The number of nitrogens with zero attached hydrogens (tertiary/aromatic N) is 2. The van der Waals surface area contributed by atoms with E-state index in [2.05, 4.69) is 4.98 Å². The lowest BCUT2D eigenvalue weighted by Gasteiger charge is -1.91. The Balaban J connectivity index is 0.000000396. The molecule has 0 amide bonds. The maximum Gasteiger partial charge on any atom is 0.0589 e. The Morgan fingerprint density at radius 3 is 2.69 bits per heavy atom. The number of nitrogen functional groups attached to an aromatic ring is 1. The third-order valence-electron chi connectivity index (χ3n) is 1.82. The summed E-state index contributed by atoms with van der Waals surface area (Å²) < 4.78 is 1.99. The highest BCUT2D eigenvalue weighted by molar-refractivity contribution is 5.90. The number of aryl methyl sites for hydroxylation is 1. The molecule has 0 saturated carbocycles. The Bertz CT molecular complexity index is 354. The lowest BCUT2D eigenvalue weighted by Crippen LogP contribution is -1.82. The lowest BCUT2D eigenvalue weighted by molar-refractivity contribution is 0.969. The Kier molecular flexibility index (Phi) is 2.90. The SMILES string of the molecule is CC.Cn1cc(N)c2cnccc21. The van der Waals surface area contributed by atoms with Gasteiger partial charge < -0.3 is 10.3 Å². The van der Waals surface area contributed by atoms with Gasteiger partial charge in [0, 0.05) is 31.0 Å². The predicted octanol–water partition coefficient (Wildman–Crippen LogP) is 2.18. The van der Waals surface area contributed by atoms with Crippen molar-refractivity contribution in [1.29, 1.82) is 0 Å². The van der Waals surface area contributed by atoms with Crippen LogP contribution in [0.4, 0.5) is 5.69 Å². The molecule has 0 aliphatic carbocycles. The van der Waals surface area contributed by atoms with Crippen LogP contribution in [0.25, 0.3) is 10.9 Å². The van der Waals surface area contributed by atoms with Gasteiger partial charge >= 0.3 is 0 Å². The van der Waals surface area contributed by atoms with Gasteiger partial charge in [-0.3, -0.25) is 4.98 Å². The van der Waals surface area contributed by atoms with E-state index in [0.29, 0.717) is 0 Å². The quantitative estimate of drug-likeness (QED) is 0.670. The molecule has 2 N–H and O–H groups in total. The van der Waals surface area contributed by atoms with E-state index in [1.165, 1.54) is 0 Å². The van der Waals surface area contributed by atoms with Crippen molar-refractivity contribution in [3.05, 3.63) is 24.7 Å². The summed E-state index contributed by atoms with van der Waals surface area (Å²) in [5.41, 5.74) is 7.63. The Morgan fingerprint density at radius 1 is 1.38 bits per heavy atom. The lowest BCUT2D eigenvalue weighted by atomic mass is 10.3. The maximum absolute atomic E-state index is 5.72. The Hall–Kier alpha value is -1.51. The monoisotopic (exact) mass is 177 g/mol. The summed E-state index contributed by atoms with van der Waals surface area (Å²) in [4.78, 5) is 3.99. The van der Waals surface area contributed by atoms with E-state index in [1.807, 2.05) is 37.7 Å². The molecule has 0 radical (unpaired) electrons. The summed E-state index contributed by atoms with van der Waals surface area (Å²) in [6.07, 6.45) is 5.44. The minimum absolute atomic E-state index is 0.788. The van der Waals surface area contributed by atoms with E-state index in [4.69, 9.17) is 5.73 Å². The van der Waals surface area contributed by atoms with Crippen LogP contribution in [0, 0.1) is 0 Å². The predicted molar refractivity (Wildman–Crippen MR) is 56.5 cm³/mol. The number of aromatic nitrogens is 2. The molecule has 3 nitrogen and oxygen atoms in total. The number of hydrogen-bond acceptors (Lipinski definition) is 2. The molecule has 0 aliphatic heterocycles. The van der Waals surface area contributed by atoms with Gasteiger partial charge in [0.15, 0.2) is 0 Å². The summed E-state index contributed by atoms with van der Waals surface area (Å²) >= 11 is 0. The fraction of sp³-hybridized carbons (Fsp3) is 0.300. The van der Waals surface area contributed by atoms with Crippen molar-refractivity contribution < 1.29 is 0 Å². The van der Waals surface area contributed by atoms with Crippen LogP contribution in [-0.2, 0) is 7.05 Å². The topological polar surface area (TPSA) is 43.8 Å². The van der Waals surface area contributed by atoms with Crippen molar-refractivity contribution in [3.63, 3.8) is 0 Å². The van der Waals surface area contributed by atoms with Crippen LogP contribution < -0.4 is 5.73 Å². The summed E-state index contributed by atoms with van der Waals surface area (Å²) in [5, 5.41) is 1.02. The van der Waals surface area contributed by atoms with Crippen molar-refractivity contribution in [1.82, 2.24) is 9.55 Å². The second-order valence-electron chi connectivity index (χ2n) is 2.59. The molecular formula is C10H15N3. The van der Waals surface area contributed by atoms with E-state index in [1.54, 1.807) is 12.4 Å². The molecule has 13 heavy (non-hydrogen) atoms. The summed E-state index contributed by atoms with van der Waals surface area (Å²) in [7, 11) is 1.97. The highest BCUT2D eigenvalue weighted by atomic mass is 14.9. The molecule has 0 aliphatic rings. The molecule has 0 spiro atoms. The minimum atomic E-state index is 0.788. The van der Waals surface area contributed by atoms with Crippen LogP contribution in [0.15, 0.2) is 24.7 Å². The fourth-order valence-electron chi connectivity index (χ4n) is 1.26. The van der Waals surface area contributed by atoms with Crippen molar-refractivity contribution in [2.75, 3.05) is 5.73 Å². The first-order valence-corrected chi connectivity index (χ1v) is 4.43. The van der Waals surface area contributed by atoms with Crippen molar-refractivity contribution in [3.8, 4) is 0 Å². The molecule has 2 aromatic rings. The molecule has 0 bridgehead atoms. The summed E-state index contributed by atoms with van der Waals surface area (Å²) in [5.74, 6) is 0. The molecule has 2 heterocycles. The molecular weight excluding hydrogens is 162 g/mol. The smallest absolute Gasteiger partial charge is 0.0589 e. The zero-order valence-electron chi connectivity index (χ0n) is 8.28.